The van der Waals surface area contributed by atoms with Crippen LogP contribution in [0.1, 0.15) is 36.2 Å². The highest BCUT2D eigenvalue weighted by Crippen LogP contribution is 2.19. The van der Waals surface area contributed by atoms with Gasteiger partial charge in [-0.05, 0) is 37.8 Å². The fourth-order valence-electron chi connectivity index (χ4n) is 2.25. The molecule has 2 rings (SSSR count). The molecule has 0 bridgehead atoms. The Morgan fingerprint density at radius 1 is 1.40 bits per heavy atom. The summed E-state index contributed by atoms with van der Waals surface area (Å²) >= 11 is 0. The lowest BCUT2D eigenvalue weighted by atomic mass is 9.94. The number of hydrogen-bond acceptors (Lipinski definition) is 4. The van der Waals surface area contributed by atoms with Crippen LogP contribution >= 0.6 is 0 Å². The molecule has 1 heterocycles. The van der Waals surface area contributed by atoms with Crippen LogP contribution in [0.2, 0.25) is 0 Å². The van der Waals surface area contributed by atoms with Gasteiger partial charge in [0.2, 0.25) is 0 Å². The Balaban J connectivity index is 1.63. The molecule has 110 valence electrons. The van der Waals surface area contributed by atoms with Crippen molar-refractivity contribution in [2.75, 3.05) is 13.2 Å². The molecule has 1 aliphatic rings. The lowest BCUT2D eigenvalue weighted by Crippen LogP contribution is -2.33. The van der Waals surface area contributed by atoms with Gasteiger partial charge in [-0.3, -0.25) is 4.79 Å². The van der Waals surface area contributed by atoms with Gasteiger partial charge in [0.25, 0.3) is 5.91 Å². The van der Waals surface area contributed by atoms with E-state index in [1.54, 1.807) is 0 Å². The van der Waals surface area contributed by atoms with E-state index in [0.717, 1.165) is 31.9 Å². The summed E-state index contributed by atoms with van der Waals surface area (Å²) in [5, 5.41) is 2.69. The molecule has 0 unspecified atom stereocenters. The Hall–Kier alpha value is -1.53. The molecule has 20 heavy (non-hydrogen) atoms. The fraction of sp³-hybridized carbons (Fsp3) is 0.571. The molecule has 1 aromatic rings. The monoisotopic (exact) mass is 281 g/mol. The first-order valence-corrected chi connectivity index (χ1v) is 6.92. The van der Waals surface area contributed by atoms with Crippen molar-refractivity contribution in [2.45, 2.75) is 37.8 Å². The van der Waals surface area contributed by atoms with Gasteiger partial charge in [-0.15, -0.1) is 0 Å². The quantitative estimate of drug-likeness (QED) is 0.796. The van der Waals surface area contributed by atoms with Crippen molar-refractivity contribution in [1.29, 1.82) is 0 Å². The maximum absolute atomic E-state index is 12.7. The molecule has 0 aliphatic heterocycles. The van der Waals surface area contributed by atoms with Crippen LogP contribution in [-0.4, -0.2) is 36.2 Å². The molecule has 0 spiro atoms. The van der Waals surface area contributed by atoms with Gasteiger partial charge in [0.15, 0.2) is 0 Å². The van der Waals surface area contributed by atoms with Crippen LogP contribution in [0.4, 0.5) is 4.39 Å². The molecule has 1 fully saturated rings. The van der Waals surface area contributed by atoms with E-state index < -0.39 is 5.82 Å². The van der Waals surface area contributed by atoms with Gasteiger partial charge in [-0.25, -0.2) is 9.37 Å². The summed E-state index contributed by atoms with van der Waals surface area (Å²) in [4.78, 5) is 15.4. The van der Waals surface area contributed by atoms with Gasteiger partial charge in [-0.2, -0.15) is 0 Å². The third kappa shape index (κ3) is 4.54. The first-order valence-electron chi connectivity index (χ1n) is 6.92. The van der Waals surface area contributed by atoms with Gasteiger partial charge >= 0.3 is 0 Å². The van der Waals surface area contributed by atoms with E-state index in [9.17, 15) is 9.18 Å². The molecule has 1 saturated carbocycles. The second-order valence-electron chi connectivity index (χ2n) is 5.03. The molecule has 3 N–H and O–H groups in total. The summed E-state index contributed by atoms with van der Waals surface area (Å²) in [5.41, 5.74) is 6.02. The summed E-state index contributed by atoms with van der Waals surface area (Å²) in [6.07, 6.45) is 5.23. The van der Waals surface area contributed by atoms with Gasteiger partial charge in [0, 0.05) is 12.6 Å². The van der Waals surface area contributed by atoms with Crippen LogP contribution < -0.4 is 11.1 Å². The van der Waals surface area contributed by atoms with Crippen LogP contribution in [0, 0.1) is 5.82 Å². The Morgan fingerprint density at radius 3 is 2.80 bits per heavy atom. The number of nitrogens with two attached hydrogens (primary N) is 1. The Labute approximate surface area is 117 Å². The lowest BCUT2D eigenvalue weighted by molar-refractivity contribution is 0.0267. The topological polar surface area (TPSA) is 77.2 Å². The Kier molecular flexibility index (Phi) is 5.43. The van der Waals surface area contributed by atoms with Gasteiger partial charge in [0.05, 0.1) is 18.9 Å². The second-order valence-corrected chi connectivity index (χ2v) is 5.03. The molecule has 0 atom stereocenters. The number of halogens is 1. The predicted molar refractivity (Wildman–Crippen MR) is 72.7 cm³/mol. The minimum Gasteiger partial charge on any atom is -0.376 e. The minimum atomic E-state index is -0.458. The Morgan fingerprint density at radius 2 is 2.15 bits per heavy atom. The lowest BCUT2D eigenvalue weighted by Gasteiger charge is -2.26. The molecular formula is C14H20FN3O2. The van der Waals surface area contributed by atoms with E-state index in [2.05, 4.69) is 10.3 Å². The third-order valence-electron chi connectivity index (χ3n) is 3.42. The molecule has 0 aromatic carbocycles. The number of nitrogens with one attached hydrogen (secondary N) is 1. The predicted octanol–water partition coefficient (Wildman–Crippen LogP) is 1.24. The SMILES string of the molecule is NC1CCC(OCCNC(=O)c2ccc(F)cn2)CC1. The minimum absolute atomic E-state index is 0.204. The first-order chi connectivity index (χ1) is 9.65. The summed E-state index contributed by atoms with van der Waals surface area (Å²) in [6.45, 7) is 0.882. The van der Waals surface area contributed by atoms with E-state index in [-0.39, 0.29) is 17.7 Å². The van der Waals surface area contributed by atoms with Gasteiger partial charge in [-0.1, -0.05) is 0 Å². The fourth-order valence-corrected chi connectivity index (χ4v) is 2.25. The van der Waals surface area contributed by atoms with Crippen LogP contribution in [0.15, 0.2) is 18.3 Å². The number of amides is 1. The molecule has 0 saturated heterocycles. The molecule has 6 heteroatoms. The van der Waals surface area contributed by atoms with Crippen LogP contribution in [0.5, 0.6) is 0 Å². The average molecular weight is 281 g/mol. The van der Waals surface area contributed by atoms with Crippen LogP contribution in [0.25, 0.3) is 0 Å². The molecule has 1 amide bonds. The number of hydrogen-bond donors (Lipinski definition) is 2. The zero-order valence-electron chi connectivity index (χ0n) is 11.3. The van der Waals surface area contributed by atoms with Crippen molar-refractivity contribution in [3.05, 3.63) is 29.8 Å². The second kappa shape index (κ2) is 7.31. The average Bonchev–Trinajstić information content (AvgIpc) is 2.46. The highest BCUT2D eigenvalue weighted by molar-refractivity contribution is 5.92. The summed E-state index contributed by atoms with van der Waals surface area (Å²) < 4.78 is 18.4. The first kappa shape index (κ1) is 14.9. The van der Waals surface area contributed by atoms with Crippen LogP contribution in [0.3, 0.4) is 0 Å². The van der Waals surface area contributed by atoms with Gasteiger partial charge < -0.3 is 15.8 Å². The molecular weight excluding hydrogens is 261 g/mol. The standard InChI is InChI=1S/C14H20FN3O2/c15-10-1-6-13(18-9-10)14(19)17-7-8-20-12-4-2-11(16)3-5-12/h1,6,9,11-12H,2-5,7-8,16H2,(H,17,19). The number of nitrogens with zero attached hydrogens (tertiary/aromatic N) is 1. The molecule has 1 aliphatic carbocycles. The van der Waals surface area contributed by atoms with Crippen molar-refractivity contribution in [1.82, 2.24) is 10.3 Å². The number of pyridine rings is 1. The summed E-state index contributed by atoms with van der Waals surface area (Å²) in [6, 6.07) is 2.87. The number of rotatable bonds is 5. The smallest absolute Gasteiger partial charge is 0.269 e. The highest BCUT2D eigenvalue weighted by Gasteiger charge is 2.18. The van der Waals surface area contributed by atoms with Crippen molar-refractivity contribution >= 4 is 5.91 Å². The van der Waals surface area contributed by atoms with E-state index >= 15 is 0 Å². The van der Waals surface area contributed by atoms with Crippen molar-refractivity contribution in [3.63, 3.8) is 0 Å². The van der Waals surface area contributed by atoms with Crippen molar-refractivity contribution < 1.29 is 13.9 Å². The molecule has 1 aromatic heterocycles. The maximum Gasteiger partial charge on any atom is 0.269 e. The maximum atomic E-state index is 12.7. The van der Waals surface area contributed by atoms with E-state index in [1.807, 2.05) is 0 Å². The van der Waals surface area contributed by atoms with E-state index in [1.165, 1.54) is 12.1 Å². The third-order valence-corrected chi connectivity index (χ3v) is 3.42. The number of aromatic nitrogens is 1. The molecule has 5 nitrogen and oxygen atoms in total. The van der Waals surface area contributed by atoms with Crippen molar-refractivity contribution in [3.8, 4) is 0 Å². The zero-order valence-corrected chi connectivity index (χ0v) is 11.3. The Bertz CT molecular complexity index is 431. The normalized spacial score (nSPS) is 22.5. The summed E-state index contributed by atoms with van der Waals surface area (Å²) in [7, 11) is 0. The largest absolute Gasteiger partial charge is 0.376 e. The van der Waals surface area contributed by atoms with Gasteiger partial charge in [0.1, 0.15) is 11.5 Å². The number of carbonyl (C=O) groups is 1. The zero-order chi connectivity index (χ0) is 14.4. The van der Waals surface area contributed by atoms with E-state index in [0.29, 0.717) is 19.2 Å². The van der Waals surface area contributed by atoms with Crippen molar-refractivity contribution in [2.24, 2.45) is 5.73 Å². The summed E-state index contributed by atoms with van der Waals surface area (Å²) in [5.74, 6) is -0.778. The molecule has 0 radical (unpaired) electrons. The number of carbonyl (C=O) groups excluding carboxylic acids is 1. The van der Waals surface area contributed by atoms with Crippen LogP contribution in [-0.2, 0) is 4.74 Å². The van der Waals surface area contributed by atoms with E-state index in [4.69, 9.17) is 10.5 Å². The number of ether oxygens (including phenoxy) is 1. The highest BCUT2D eigenvalue weighted by atomic mass is 19.1.